The van der Waals surface area contributed by atoms with Gasteiger partial charge in [-0.15, -0.1) is 0 Å². The molecule has 28 heavy (non-hydrogen) atoms. The summed E-state index contributed by atoms with van der Waals surface area (Å²) >= 11 is 3.34. The lowest BCUT2D eigenvalue weighted by Crippen LogP contribution is -2.58. The second-order valence-electron chi connectivity index (χ2n) is 7.42. The van der Waals surface area contributed by atoms with E-state index in [-0.39, 0.29) is 24.0 Å². The van der Waals surface area contributed by atoms with E-state index in [2.05, 4.69) is 15.9 Å². The standard InChI is InChI=1S/C21H15BrN2O4/c1-23-10-15-16(20(28)24(19(15)27)12-8-6-11(22)7-9-12)21(23)17(25)13-4-2-3-5-14(13)18(21)26/h2-9,15-16H,10H2,1H3. The molecule has 0 saturated carbocycles. The van der Waals surface area contributed by atoms with Crippen LogP contribution in [0, 0.1) is 11.8 Å². The third-order valence-electron chi connectivity index (χ3n) is 6.14. The fourth-order valence-corrected chi connectivity index (χ4v) is 5.19. The van der Waals surface area contributed by atoms with E-state index in [1.165, 1.54) is 0 Å². The molecular formula is C21H15BrN2O4. The molecule has 2 atom stereocenters. The van der Waals surface area contributed by atoms with Crippen molar-refractivity contribution >= 4 is 45.0 Å². The van der Waals surface area contributed by atoms with Crippen molar-refractivity contribution in [3.05, 3.63) is 64.1 Å². The van der Waals surface area contributed by atoms with Gasteiger partial charge in [0.2, 0.25) is 11.8 Å². The summed E-state index contributed by atoms with van der Waals surface area (Å²) in [5.41, 5.74) is -0.545. The van der Waals surface area contributed by atoms with E-state index in [4.69, 9.17) is 0 Å². The summed E-state index contributed by atoms with van der Waals surface area (Å²) in [6.07, 6.45) is 0. The number of likely N-dealkylation sites (tertiary alicyclic amines) is 1. The van der Waals surface area contributed by atoms with Gasteiger partial charge in [-0.05, 0) is 31.3 Å². The molecule has 2 saturated heterocycles. The van der Waals surface area contributed by atoms with Crippen molar-refractivity contribution in [2.75, 3.05) is 18.5 Å². The summed E-state index contributed by atoms with van der Waals surface area (Å²) in [6, 6.07) is 13.4. The van der Waals surface area contributed by atoms with Gasteiger partial charge in [-0.3, -0.25) is 24.1 Å². The van der Waals surface area contributed by atoms with Crippen molar-refractivity contribution in [2.24, 2.45) is 11.8 Å². The summed E-state index contributed by atoms with van der Waals surface area (Å²) in [6.45, 7) is 0.188. The van der Waals surface area contributed by atoms with Crippen LogP contribution in [0.15, 0.2) is 53.0 Å². The number of carbonyl (C=O) groups is 4. The average Bonchev–Trinajstić information content (AvgIpc) is 3.21. The highest BCUT2D eigenvalue weighted by Crippen LogP contribution is 2.51. The van der Waals surface area contributed by atoms with Gasteiger partial charge >= 0.3 is 0 Å². The number of halogens is 1. The van der Waals surface area contributed by atoms with E-state index in [9.17, 15) is 19.2 Å². The number of likely N-dealkylation sites (N-methyl/N-ethyl adjacent to an activating group) is 1. The van der Waals surface area contributed by atoms with Gasteiger partial charge in [0.25, 0.3) is 0 Å². The predicted octanol–water partition coefficient (Wildman–Crippen LogP) is 2.32. The Labute approximate surface area is 169 Å². The SMILES string of the molecule is CN1CC2C(=O)N(c3ccc(Br)cc3)C(=O)C2C12C(=O)c1ccccc1C2=O. The van der Waals surface area contributed by atoms with Crippen LogP contribution in [0.2, 0.25) is 0 Å². The van der Waals surface area contributed by atoms with Crippen LogP contribution in [0.1, 0.15) is 20.7 Å². The molecule has 2 unspecified atom stereocenters. The number of benzene rings is 2. The van der Waals surface area contributed by atoms with Crippen LogP contribution in [0.3, 0.4) is 0 Å². The summed E-state index contributed by atoms with van der Waals surface area (Å²) < 4.78 is 0.823. The van der Waals surface area contributed by atoms with Gasteiger partial charge < -0.3 is 0 Å². The van der Waals surface area contributed by atoms with Crippen molar-refractivity contribution in [2.45, 2.75) is 5.54 Å². The van der Waals surface area contributed by atoms with Crippen molar-refractivity contribution < 1.29 is 19.2 Å². The lowest BCUT2D eigenvalue weighted by Gasteiger charge is -2.32. The number of amides is 2. The minimum atomic E-state index is -1.63. The van der Waals surface area contributed by atoms with Crippen molar-refractivity contribution in [1.82, 2.24) is 4.90 Å². The first-order valence-corrected chi connectivity index (χ1v) is 9.71. The Morgan fingerprint density at radius 2 is 1.46 bits per heavy atom. The molecule has 2 aromatic rings. The first kappa shape index (κ1) is 17.5. The zero-order valence-electron chi connectivity index (χ0n) is 14.9. The number of Topliss-reactive ketones (excluding diaryl/α,β-unsaturated/α-hetero) is 2. The van der Waals surface area contributed by atoms with Gasteiger partial charge in [0.15, 0.2) is 17.1 Å². The van der Waals surface area contributed by atoms with Crippen molar-refractivity contribution in [1.29, 1.82) is 0 Å². The summed E-state index contributed by atoms with van der Waals surface area (Å²) in [7, 11) is 1.64. The number of anilines is 1. The van der Waals surface area contributed by atoms with Gasteiger partial charge in [-0.25, -0.2) is 4.90 Å². The Bertz CT molecular complexity index is 1040. The molecule has 0 radical (unpaired) electrons. The molecule has 2 amide bonds. The van der Waals surface area contributed by atoms with Crippen LogP contribution >= 0.6 is 15.9 Å². The highest BCUT2D eigenvalue weighted by molar-refractivity contribution is 9.10. The van der Waals surface area contributed by atoms with Gasteiger partial charge in [0, 0.05) is 22.1 Å². The van der Waals surface area contributed by atoms with E-state index in [0.29, 0.717) is 16.8 Å². The first-order valence-electron chi connectivity index (χ1n) is 8.92. The monoisotopic (exact) mass is 438 g/mol. The number of imide groups is 1. The maximum absolute atomic E-state index is 13.4. The zero-order valence-corrected chi connectivity index (χ0v) is 16.5. The highest BCUT2D eigenvalue weighted by Gasteiger charge is 2.72. The second-order valence-corrected chi connectivity index (χ2v) is 8.34. The van der Waals surface area contributed by atoms with E-state index in [1.807, 2.05) is 0 Å². The maximum Gasteiger partial charge on any atom is 0.240 e. The maximum atomic E-state index is 13.4. The minimum Gasteiger partial charge on any atom is -0.291 e. The van der Waals surface area contributed by atoms with Crippen LogP contribution in [-0.2, 0) is 9.59 Å². The average molecular weight is 439 g/mol. The molecule has 1 aliphatic carbocycles. The number of fused-ring (bicyclic) bond motifs is 3. The molecule has 0 bridgehead atoms. The number of nitrogens with zero attached hydrogens (tertiary/aromatic N) is 2. The molecule has 1 spiro atoms. The van der Waals surface area contributed by atoms with Gasteiger partial charge in [-0.2, -0.15) is 0 Å². The van der Waals surface area contributed by atoms with Crippen LogP contribution in [0.25, 0.3) is 0 Å². The molecule has 140 valence electrons. The molecule has 2 aromatic carbocycles. The number of rotatable bonds is 1. The summed E-state index contributed by atoms with van der Waals surface area (Å²) in [4.78, 5) is 56.0. The molecule has 5 rings (SSSR count). The molecule has 6 nitrogen and oxygen atoms in total. The zero-order chi connectivity index (χ0) is 19.8. The van der Waals surface area contributed by atoms with Crippen LogP contribution in [0.5, 0.6) is 0 Å². The Morgan fingerprint density at radius 3 is 2.04 bits per heavy atom. The second kappa shape index (κ2) is 5.68. The third-order valence-corrected chi connectivity index (χ3v) is 6.67. The molecule has 7 heteroatoms. The third kappa shape index (κ3) is 1.90. The molecule has 2 aliphatic heterocycles. The fraction of sp³-hybridized carbons (Fsp3) is 0.238. The molecular weight excluding hydrogens is 424 g/mol. The highest BCUT2D eigenvalue weighted by atomic mass is 79.9. The normalized spacial score (nSPS) is 25.7. The molecule has 0 aromatic heterocycles. The van der Waals surface area contributed by atoms with E-state index in [1.54, 1.807) is 60.5 Å². The number of carbonyl (C=O) groups excluding carboxylic acids is 4. The Kier molecular flexibility index (Phi) is 3.54. The van der Waals surface area contributed by atoms with E-state index < -0.39 is 23.3 Å². The van der Waals surface area contributed by atoms with Crippen molar-refractivity contribution in [3.63, 3.8) is 0 Å². The van der Waals surface area contributed by atoms with Crippen LogP contribution < -0.4 is 4.90 Å². The Morgan fingerprint density at radius 1 is 0.893 bits per heavy atom. The largest absolute Gasteiger partial charge is 0.291 e. The first-order chi connectivity index (χ1) is 13.4. The van der Waals surface area contributed by atoms with E-state index >= 15 is 0 Å². The lowest BCUT2D eigenvalue weighted by atomic mass is 9.77. The van der Waals surface area contributed by atoms with Crippen molar-refractivity contribution in [3.8, 4) is 0 Å². The number of hydrogen-bond donors (Lipinski definition) is 0. The number of hydrogen-bond acceptors (Lipinski definition) is 5. The molecule has 3 aliphatic rings. The van der Waals surface area contributed by atoms with Gasteiger partial charge in [0.1, 0.15) is 0 Å². The predicted molar refractivity (Wildman–Crippen MR) is 104 cm³/mol. The van der Waals surface area contributed by atoms with Crippen LogP contribution in [-0.4, -0.2) is 47.4 Å². The van der Waals surface area contributed by atoms with Crippen LogP contribution in [0.4, 0.5) is 5.69 Å². The smallest absolute Gasteiger partial charge is 0.240 e. The minimum absolute atomic E-state index is 0.188. The quantitative estimate of drug-likeness (QED) is 0.504. The van der Waals surface area contributed by atoms with E-state index in [0.717, 1.165) is 9.37 Å². The van der Waals surface area contributed by atoms with Gasteiger partial charge in [-0.1, -0.05) is 40.2 Å². The lowest BCUT2D eigenvalue weighted by molar-refractivity contribution is -0.123. The molecule has 2 fully saturated rings. The summed E-state index contributed by atoms with van der Waals surface area (Å²) in [5, 5.41) is 0. The number of ketones is 2. The Hall–Kier alpha value is -2.64. The summed E-state index contributed by atoms with van der Waals surface area (Å²) in [5.74, 6) is -3.36. The molecule has 0 N–H and O–H groups in total. The Balaban J connectivity index is 1.65. The van der Waals surface area contributed by atoms with Gasteiger partial charge in [0.05, 0.1) is 17.5 Å². The fourth-order valence-electron chi connectivity index (χ4n) is 4.92. The molecule has 2 heterocycles. The topological polar surface area (TPSA) is 74.8 Å².